The molecule has 0 bridgehead atoms. The first-order valence-electron chi connectivity index (χ1n) is 10.6. The van der Waals surface area contributed by atoms with E-state index in [2.05, 4.69) is 15.2 Å². The molecule has 2 aromatic rings. The number of benzene rings is 1. The molecule has 1 N–H and O–H groups in total. The molecule has 0 atom stereocenters. The molecular formula is C24H28ClN3O4S. The Bertz CT molecular complexity index is 1020. The fourth-order valence-electron chi connectivity index (χ4n) is 3.53. The highest BCUT2D eigenvalue weighted by Crippen LogP contribution is 2.33. The van der Waals surface area contributed by atoms with E-state index in [9.17, 15) is 9.59 Å². The number of carbonyl (C=O) groups is 2. The van der Waals surface area contributed by atoms with Crippen molar-refractivity contribution in [3.8, 4) is 5.75 Å². The third-order valence-electron chi connectivity index (χ3n) is 5.20. The zero-order valence-corrected chi connectivity index (χ0v) is 20.8. The lowest BCUT2D eigenvalue weighted by Gasteiger charge is -2.24. The zero-order valence-electron chi connectivity index (χ0n) is 19.2. The number of hydrogen-bond acceptors (Lipinski definition) is 7. The predicted octanol–water partition coefficient (Wildman–Crippen LogP) is 4.88. The number of aromatic nitrogens is 1. The molecule has 0 unspecified atom stereocenters. The Morgan fingerprint density at radius 2 is 2.00 bits per heavy atom. The van der Waals surface area contributed by atoms with Gasteiger partial charge in [0.15, 0.2) is 0 Å². The minimum absolute atomic E-state index is 0.245. The second-order valence-electron chi connectivity index (χ2n) is 7.82. The van der Waals surface area contributed by atoms with Crippen LogP contribution in [0.5, 0.6) is 5.75 Å². The monoisotopic (exact) mass is 489 g/mol. The molecular weight excluding hydrogens is 462 g/mol. The van der Waals surface area contributed by atoms with Gasteiger partial charge in [-0.1, -0.05) is 17.7 Å². The van der Waals surface area contributed by atoms with Gasteiger partial charge in [0.05, 0.1) is 5.70 Å². The largest absolute Gasteiger partial charge is 0.456 e. The number of ether oxygens (including phenoxy) is 2. The first-order chi connectivity index (χ1) is 15.8. The number of hydrogen-bond donors (Lipinski definition) is 1. The van der Waals surface area contributed by atoms with Crippen molar-refractivity contribution in [2.24, 2.45) is 0 Å². The fraction of sp³-hybridized carbons (Fsp3) is 0.375. The number of cyclic esters (lactones) is 1. The number of aryl methyl sites for hydroxylation is 2. The smallest absolute Gasteiger partial charge is 0.412 e. The summed E-state index contributed by atoms with van der Waals surface area (Å²) >= 11 is 7.47. The van der Waals surface area contributed by atoms with Crippen LogP contribution in [0.3, 0.4) is 0 Å². The van der Waals surface area contributed by atoms with Crippen molar-refractivity contribution in [1.82, 2.24) is 15.2 Å². The molecule has 0 radical (unpaired) electrons. The topological polar surface area (TPSA) is 80.8 Å². The van der Waals surface area contributed by atoms with E-state index in [0.29, 0.717) is 23.6 Å². The summed E-state index contributed by atoms with van der Waals surface area (Å²) < 4.78 is 10.0. The van der Waals surface area contributed by atoms with Gasteiger partial charge >= 0.3 is 12.1 Å². The van der Waals surface area contributed by atoms with Crippen LogP contribution in [0.2, 0.25) is 5.15 Å². The summed E-state index contributed by atoms with van der Waals surface area (Å²) in [4.78, 5) is 29.7. The number of pyridine rings is 1. The van der Waals surface area contributed by atoms with Gasteiger partial charge < -0.3 is 19.7 Å². The molecule has 1 saturated carbocycles. The highest BCUT2D eigenvalue weighted by Gasteiger charge is 2.32. The number of halogens is 1. The minimum atomic E-state index is -0.439. The molecule has 4 rings (SSSR count). The van der Waals surface area contributed by atoms with Crippen molar-refractivity contribution in [2.75, 3.05) is 19.9 Å². The van der Waals surface area contributed by atoms with Crippen LogP contribution >= 0.6 is 23.4 Å². The van der Waals surface area contributed by atoms with Crippen LogP contribution in [-0.2, 0) is 16.1 Å². The molecule has 1 amide bonds. The van der Waals surface area contributed by atoms with Gasteiger partial charge in [-0.2, -0.15) is 0 Å². The average molecular weight is 490 g/mol. The maximum Gasteiger partial charge on any atom is 0.412 e. The Kier molecular flexibility index (Phi) is 8.63. The molecule has 1 aliphatic heterocycles. The van der Waals surface area contributed by atoms with Gasteiger partial charge in [0.1, 0.15) is 17.5 Å². The van der Waals surface area contributed by atoms with E-state index in [-0.39, 0.29) is 5.97 Å². The van der Waals surface area contributed by atoms with Crippen LogP contribution < -0.4 is 10.1 Å². The number of carbonyl (C=O) groups excluding carboxylic acids is 2. The first-order valence-corrected chi connectivity index (χ1v) is 12.2. The third-order valence-corrected chi connectivity index (χ3v) is 6.47. The van der Waals surface area contributed by atoms with Crippen molar-refractivity contribution in [3.05, 3.63) is 64.1 Å². The van der Waals surface area contributed by atoms with Crippen LogP contribution in [0, 0.1) is 13.8 Å². The Labute approximate surface area is 203 Å². The third kappa shape index (κ3) is 7.14. The maximum atomic E-state index is 11.1. The van der Waals surface area contributed by atoms with Gasteiger partial charge in [0.25, 0.3) is 0 Å². The van der Waals surface area contributed by atoms with E-state index in [4.69, 9.17) is 21.1 Å². The van der Waals surface area contributed by atoms with E-state index in [1.807, 2.05) is 38.3 Å². The van der Waals surface area contributed by atoms with E-state index in [1.165, 1.54) is 24.8 Å². The van der Waals surface area contributed by atoms with Crippen LogP contribution in [-0.4, -0.2) is 47.9 Å². The lowest BCUT2D eigenvalue weighted by atomic mass is 10.1. The molecule has 33 heavy (non-hydrogen) atoms. The molecule has 1 aromatic carbocycles. The van der Waals surface area contributed by atoms with Gasteiger partial charge in [-0.25, -0.2) is 14.6 Å². The first kappa shape index (κ1) is 24.9. The summed E-state index contributed by atoms with van der Waals surface area (Å²) in [5.74, 6) is 0.340. The normalized spacial score (nSPS) is 14.6. The molecule has 2 heterocycles. The Balaban J connectivity index is 0.000000190. The molecule has 0 spiro atoms. The molecule has 0 saturated heterocycles. The Hall–Kier alpha value is -2.71. The Morgan fingerprint density at radius 1 is 1.30 bits per heavy atom. The van der Waals surface area contributed by atoms with Gasteiger partial charge in [0.2, 0.25) is 0 Å². The molecule has 1 fully saturated rings. The van der Waals surface area contributed by atoms with Crippen molar-refractivity contribution in [3.63, 3.8) is 0 Å². The predicted molar refractivity (Wildman–Crippen MR) is 130 cm³/mol. The van der Waals surface area contributed by atoms with Crippen LogP contribution in [0.25, 0.3) is 0 Å². The molecule has 7 nitrogen and oxygen atoms in total. The van der Waals surface area contributed by atoms with Crippen molar-refractivity contribution >= 4 is 35.4 Å². The lowest BCUT2D eigenvalue weighted by molar-refractivity contribution is -0.135. The van der Waals surface area contributed by atoms with Gasteiger partial charge in [-0.15, -0.1) is 11.8 Å². The zero-order chi connectivity index (χ0) is 24.0. The average Bonchev–Trinajstić information content (AvgIpc) is 3.53. The minimum Gasteiger partial charge on any atom is -0.456 e. The number of thioether (sulfide) groups is 1. The number of rotatable bonds is 6. The summed E-state index contributed by atoms with van der Waals surface area (Å²) in [7, 11) is 1.54. The van der Waals surface area contributed by atoms with Gasteiger partial charge in [0, 0.05) is 36.8 Å². The van der Waals surface area contributed by atoms with E-state index < -0.39 is 6.09 Å². The fourth-order valence-corrected chi connectivity index (χ4v) is 4.40. The number of nitrogens with zero attached hydrogens (tertiary/aromatic N) is 2. The van der Waals surface area contributed by atoms with Gasteiger partial charge in [-0.3, -0.25) is 0 Å². The maximum absolute atomic E-state index is 11.1. The van der Waals surface area contributed by atoms with Crippen LogP contribution in [0.15, 0.2) is 47.1 Å². The van der Waals surface area contributed by atoms with E-state index in [0.717, 1.165) is 28.9 Å². The Morgan fingerprint density at radius 3 is 2.48 bits per heavy atom. The van der Waals surface area contributed by atoms with Crippen molar-refractivity contribution in [1.29, 1.82) is 0 Å². The standard InChI is InChI=1S/C13H13ClN2O2.C11H15NO2S/c14-12-4-1-9(6-15-12)7-16(10-2-3-10)11-5-13(17)18-8-11;1-7-5-9(14-11(13)12-3)6-8(2)10(7)15-4/h1,4-6,10H,2-3,7-8H2;5-6H,1-4H3,(H,12,13). The summed E-state index contributed by atoms with van der Waals surface area (Å²) in [6, 6.07) is 8.01. The second kappa shape index (κ2) is 11.4. The molecule has 1 aromatic heterocycles. The summed E-state index contributed by atoms with van der Waals surface area (Å²) in [6.45, 7) is 5.15. The SMILES string of the molecule is CNC(=O)Oc1cc(C)c(SC)c(C)c1.O=C1C=C(N(Cc2ccc(Cl)nc2)C2CC2)CO1. The number of esters is 1. The molecule has 176 valence electrons. The highest BCUT2D eigenvalue weighted by atomic mass is 35.5. The van der Waals surface area contributed by atoms with E-state index >= 15 is 0 Å². The van der Waals surface area contributed by atoms with E-state index in [1.54, 1.807) is 30.1 Å². The molecule has 2 aliphatic rings. The summed E-state index contributed by atoms with van der Waals surface area (Å²) in [6.07, 6.45) is 7.30. The lowest BCUT2D eigenvalue weighted by Crippen LogP contribution is -2.25. The van der Waals surface area contributed by atoms with Crippen molar-refractivity contribution in [2.45, 2.75) is 44.2 Å². The summed E-state index contributed by atoms with van der Waals surface area (Å²) in [5.41, 5.74) is 4.31. The van der Waals surface area contributed by atoms with Crippen molar-refractivity contribution < 1.29 is 19.1 Å². The van der Waals surface area contributed by atoms with Crippen LogP contribution in [0.4, 0.5) is 4.79 Å². The second-order valence-corrected chi connectivity index (χ2v) is 9.03. The van der Waals surface area contributed by atoms with Crippen LogP contribution in [0.1, 0.15) is 29.5 Å². The molecule has 1 aliphatic carbocycles. The number of amides is 1. The summed E-state index contributed by atoms with van der Waals surface area (Å²) in [5, 5.41) is 2.91. The highest BCUT2D eigenvalue weighted by molar-refractivity contribution is 7.98. The molecule has 9 heteroatoms. The number of nitrogens with one attached hydrogen (secondary N) is 1. The quantitative estimate of drug-likeness (QED) is 0.351. The van der Waals surface area contributed by atoms with Gasteiger partial charge in [-0.05, 0) is 67.8 Å².